The van der Waals surface area contributed by atoms with E-state index >= 15 is 0 Å². The number of nitrogens with zero attached hydrogens (tertiary/aromatic N) is 1. The van der Waals surface area contributed by atoms with Crippen LogP contribution in [0.2, 0.25) is 0 Å². The second-order valence-corrected chi connectivity index (χ2v) is 4.09. The Kier molecular flexibility index (Phi) is 4.22. The Bertz CT molecular complexity index is 703. The first-order valence-electron chi connectivity index (χ1n) is 5.83. The highest BCUT2D eigenvalue weighted by Gasteiger charge is 2.17. The molecule has 0 aromatic heterocycles. The average Bonchev–Trinajstić information content (AvgIpc) is 2.44. The Morgan fingerprint density at radius 2 is 1.86 bits per heavy atom. The van der Waals surface area contributed by atoms with E-state index in [0.29, 0.717) is 0 Å². The van der Waals surface area contributed by atoms with E-state index in [1.807, 2.05) is 0 Å². The van der Waals surface area contributed by atoms with Crippen molar-refractivity contribution in [2.45, 2.75) is 0 Å². The number of ketones is 1. The number of carbonyl (C=O) groups is 1. The first-order chi connectivity index (χ1) is 9.97. The van der Waals surface area contributed by atoms with E-state index in [1.165, 1.54) is 18.2 Å². The summed E-state index contributed by atoms with van der Waals surface area (Å²) >= 11 is 0. The Labute approximate surface area is 117 Å². The lowest BCUT2D eigenvalue weighted by Crippen LogP contribution is -2.12. The lowest BCUT2D eigenvalue weighted by molar-refractivity contribution is -0.385. The molecule has 7 heteroatoms. The van der Waals surface area contributed by atoms with Gasteiger partial charge >= 0.3 is 5.69 Å². The second kappa shape index (κ2) is 6.08. The van der Waals surface area contributed by atoms with Crippen molar-refractivity contribution in [2.24, 2.45) is 0 Å². The molecule has 0 aliphatic carbocycles. The maximum absolute atomic E-state index is 13.1. The van der Waals surface area contributed by atoms with E-state index in [0.717, 1.165) is 24.3 Å². The molecule has 0 spiro atoms. The fraction of sp³-hybridized carbons (Fsp3) is 0.0714. The molecule has 0 bridgehead atoms. The zero-order chi connectivity index (χ0) is 15.4. The number of hydrogen-bond donors (Lipinski definition) is 0. The van der Waals surface area contributed by atoms with Gasteiger partial charge in [0.05, 0.1) is 4.92 Å². The van der Waals surface area contributed by atoms with E-state index in [2.05, 4.69) is 0 Å². The van der Waals surface area contributed by atoms with Crippen LogP contribution < -0.4 is 4.74 Å². The highest BCUT2D eigenvalue weighted by molar-refractivity contribution is 5.97. The van der Waals surface area contributed by atoms with Crippen LogP contribution in [0.15, 0.2) is 42.5 Å². The van der Waals surface area contributed by atoms with Crippen molar-refractivity contribution in [2.75, 3.05) is 6.61 Å². The molecule has 5 nitrogen and oxygen atoms in total. The van der Waals surface area contributed by atoms with Gasteiger partial charge in [-0.25, -0.2) is 8.78 Å². The Balaban J connectivity index is 2.14. The van der Waals surface area contributed by atoms with Crippen LogP contribution in [-0.4, -0.2) is 17.3 Å². The molecule has 21 heavy (non-hydrogen) atoms. The van der Waals surface area contributed by atoms with Crippen LogP contribution in [0.4, 0.5) is 14.5 Å². The van der Waals surface area contributed by atoms with Crippen molar-refractivity contribution in [3.8, 4) is 5.75 Å². The van der Waals surface area contributed by atoms with Gasteiger partial charge < -0.3 is 4.74 Å². The first-order valence-corrected chi connectivity index (χ1v) is 5.83. The normalized spacial score (nSPS) is 10.2. The van der Waals surface area contributed by atoms with Crippen molar-refractivity contribution in [1.82, 2.24) is 0 Å². The summed E-state index contributed by atoms with van der Waals surface area (Å²) in [5.41, 5.74) is -0.391. The minimum Gasteiger partial charge on any atom is -0.478 e. The van der Waals surface area contributed by atoms with Gasteiger partial charge in [-0.2, -0.15) is 0 Å². The number of carbonyl (C=O) groups excluding carboxylic acids is 1. The predicted molar refractivity (Wildman–Crippen MR) is 69.3 cm³/mol. The zero-order valence-electron chi connectivity index (χ0n) is 10.6. The van der Waals surface area contributed by atoms with Crippen LogP contribution in [0, 0.1) is 21.7 Å². The number of halogens is 2. The van der Waals surface area contributed by atoms with Gasteiger partial charge in [0.1, 0.15) is 11.6 Å². The largest absolute Gasteiger partial charge is 0.478 e. The van der Waals surface area contributed by atoms with Crippen LogP contribution in [-0.2, 0) is 0 Å². The molecular weight excluding hydrogens is 284 g/mol. The number of benzene rings is 2. The Morgan fingerprint density at radius 3 is 2.52 bits per heavy atom. The van der Waals surface area contributed by atoms with Crippen molar-refractivity contribution in [3.05, 3.63) is 69.8 Å². The molecule has 0 atom stereocenters. The summed E-state index contributed by atoms with van der Waals surface area (Å²) in [5, 5.41) is 10.8. The van der Waals surface area contributed by atoms with Gasteiger partial charge in [-0.3, -0.25) is 14.9 Å². The molecule has 2 aromatic carbocycles. The molecule has 0 amide bonds. The first kappa shape index (κ1) is 14.6. The number of Topliss-reactive ketones (excluding diaryl/α,β-unsaturated/α-hetero) is 1. The average molecular weight is 293 g/mol. The zero-order valence-corrected chi connectivity index (χ0v) is 10.6. The fourth-order valence-electron chi connectivity index (χ4n) is 1.64. The Morgan fingerprint density at radius 1 is 1.14 bits per heavy atom. The lowest BCUT2D eigenvalue weighted by atomic mass is 10.1. The number of nitro benzene ring substituents is 1. The third kappa shape index (κ3) is 3.59. The predicted octanol–water partition coefficient (Wildman–Crippen LogP) is 3.13. The molecule has 0 N–H and O–H groups in total. The SMILES string of the molecule is O=C(COc1cc(F)ccc1[N+](=O)[O-])c1cccc(F)c1. The Hall–Kier alpha value is -2.83. The monoisotopic (exact) mass is 293 g/mol. The number of ether oxygens (including phenoxy) is 1. The standard InChI is InChI=1S/C14H9F2NO4/c15-10-3-1-2-9(6-10)13(18)8-21-14-7-11(16)4-5-12(14)17(19)20/h1-7H,8H2. The summed E-state index contributed by atoms with van der Waals surface area (Å²) in [4.78, 5) is 21.8. The molecular formula is C14H9F2NO4. The summed E-state index contributed by atoms with van der Waals surface area (Å²) in [5.74, 6) is -2.25. The van der Waals surface area contributed by atoms with Crippen LogP contribution >= 0.6 is 0 Å². The molecule has 2 rings (SSSR count). The van der Waals surface area contributed by atoms with E-state index in [9.17, 15) is 23.7 Å². The van der Waals surface area contributed by atoms with Gasteiger partial charge in [0.25, 0.3) is 0 Å². The third-order valence-electron chi connectivity index (χ3n) is 2.62. The van der Waals surface area contributed by atoms with Gasteiger partial charge in [-0.1, -0.05) is 12.1 Å². The summed E-state index contributed by atoms with van der Waals surface area (Å²) < 4.78 is 31.0. The molecule has 0 radical (unpaired) electrons. The van der Waals surface area contributed by atoms with Crippen LogP contribution in [0.3, 0.4) is 0 Å². The van der Waals surface area contributed by atoms with Crippen molar-refractivity contribution in [1.29, 1.82) is 0 Å². The quantitative estimate of drug-likeness (QED) is 0.482. The molecule has 0 aliphatic heterocycles. The van der Waals surface area contributed by atoms with Crippen LogP contribution in [0.1, 0.15) is 10.4 Å². The minimum absolute atomic E-state index is 0.0639. The summed E-state index contributed by atoms with van der Waals surface area (Å²) in [6, 6.07) is 7.61. The van der Waals surface area contributed by atoms with Crippen molar-refractivity contribution >= 4 is 11.5 Å². The number of nitro groups is 1. The van der Waals surface area contributed by atoms with Crippen LogP contribution in [0.25, 0.3) is 0 Å². The maximum Gasteiger partial charge on any atom is 0.311 e. The molecule has 0 unspecified atom stereocenters. The molecule has 0 aliphatic rings. The van der Waals surface area contributed by atoms with E-state index < -0.39 is 34.6 Å². The van der Waals surface area contributed by atoms with E-state index in [-0.39, 0.29) is 11.3 Å². The molecule has 108 valence electrons. The molecule has 2 aromatic rings. The van der Waals surface area contributed by atoms with Gasteiger partial charge in [0.15, 0.2) is 18.1 Å². The van der Waals surface area contributed by atoms with Gasteiger partial charge in [0.2, 0.25) is 0 Å². The molecule has 0 heterocycles. The van der Waals surface area contributed by atoms with E-state index in [1.54, 1.807) is 0 Å². The topological polar surface area (TPSA) is 69.4 Å². The summed E-state index contributed by atoms with van der Waals surface area (Å²) in [7, 11) is 0. The smallest absolute Gasteiger partial charge is 0.311 e. The molecule has 0 fully saturated rings. The minimum atomic E-state index is -0.749. The highest BCUT2D eigenvalue weighted by atomic mass is 19.1. The van der Waals surface area contributed by atoms with Gasteiger partial charge in [0, 0.05) is 17.7 Å². The summed E-state index contributed by atoms with van der Waals surface area (Å²) in [6.45, 7) is -0.562. The maximum atomic E-state index is 13.1. The van der Waals surface area contributed by atoms with Gasteiger partial charge in [-0.05, 0) is 18.2 Å². The lowest BCUT2D eigenvalue weighted by Gasteiger charge is -2.06. The fourth-order valence-corrected chi connectivity index (χ4v) is 1.64. The third-order valence-corrected chi connectivity index (χ3v) is 2.62. The summed E-state index contributed by atoms with van der Waals surface area (Å²) in [6.07, 6.45) is 0. The highest BCUT2D eigenvalue weighted by Crippen LogP contribution is 2.27. The number of hydrogen-bond acceptors (Lipinski definition) is 4. The van der Waals surface area contributed by atoms with Crippen molar-refractivity contribution < 1.29 is 23.2 Å². The van der Waals surface area contributed by atoms with Crippen molar-refractivity contribution in [3.63, 3.8) is 0 Å². The van der Waals surface area contributed by atoms with Crippen LogP contribution in [0.5, 0.6) is 5.75 Å². The van der Waals surface area contributed by atoms with E-state index in [4.69, 9.17) is 4.74 Å². The second-order valence-electron chi connectivity index (χ2n) is 4.09. The molecule has 0 saturated heterocycles. The number of rotatable bonds is 5. The molecule has 0 saturated carbocycles. The van der Waals surface area contributed by atoms with Gasteiger partial charge in [-0.15, -0.1) is 0 Å².